The van der Waals surface area contributed by atoms with E-state index >= 15 is 0 Å². The van der Waals surface area contributed by atoms with Crippen molar-refractivity contribution in [1.82, 2.24) is 0 Å². The molecule has 2 heteroatoms. The fourth-order valence-corrected chi connectivity index (χ4v) is 1.89. The first-order valence-electron chi connectivity index (χ1n) is 6.65. The fourth-order valence-electron chi connectivity index (χ4n) is 1.89. The van der Waals surface area contributed by atoms with Gasteiger partial charge >= 0.3 is 0 Å². The molecule has 0 fully saturated rings. The molecule has 0 aliphatic carbocycles. The van der Waals surface area contributed by atoms with Crippen LogP contribution in [0.5, 0.6) is 0 Å². The normalized spacial score (nSPS) is 11.9. The van der Waals surface area contributed by atoms with Gasteiger partial charge in [0.15, 0.2) is 0 Å². The SMILES string of the molecule is CCCCc1ccc(/C(=C\C(C)C)C(N)=O)cc1. The van der Waals surface area contributed by atoms with Crippen molar-refractivity contribution < 1.29 is 4.79 Å². The molecule has 2 N–H and O–H groups in total. The lowest BCUT2D eigenvalue weighted by Gasteiger charge is -2.07. The van der Waals surface area contributed by atoms with E-state index in [9.17, 15) is 4.79 Å². The quantitative estimate of drug-likeness (QED) is 0.765. The lowest BCUT2D eigenvalue weighted by atomic mass is 9.98. The van der Waals surface area contributed by atoms with E-state index in [-0.39, 0.29) is 5.91 Å². The number of carbonyl (C=O) groups is 1. The number of allylic oxidation sites excluding steroid dienone is 1. The van der Waals surface area contributed by atoms with E-state index in [2.05, 4.69) is 19.1 Å². The number of amides is 1. The molecule has 18 heavy (non-hydrogen) atoms. The summed E-state index contributed by atoms with van der Waals surface area (Å²) in [7, 11) is 0. The second kappa shape index (κ2) is 7.00. The number of hydrogen-bond donors (Lipinski definition) is 1. The van der Waals surface area contributed by atoms with Gasteiger partial charge in [-0.15, -0.1) is 0 Å². The Morgan fingerprint density at radius 2 is 1.89 bits per heavy atom. The molecule has 0 bridgehead atoms. The van der Waals surface area contributed by atoms with Gasteiger partial charge in [-0.25, -0.2) is 0 Å². The highest BCUT2D eigenvalue weighted by Crippen LogP contribution is 2.18. The minimum Gasteiger partial charge on any atom is -0.366 e. The Kier molecular flexibility index (Phi) is 5.63. The molecule has 1 rings (SSSR count). The first-order valence-corrected chi connectivity index (χ1v) is 6.65. The van der Waals surface area contributed by atoms with Crippen molar-refractivity contribution in [3.63, 3.8) is 0 Å². The molecule has 0 heterocycles. The Hall–Kier alpha value is -1.57. The topological polar surface area (TPSA) is 43.1 Å². The molecule has 0 atom stereocenters. The van der Waals surface area contributed by atoms with E-state index in [1.807, 2.05) is 32.1 Å². The van der Waals surface area contributed by atoms with Crippen LogP contribution < -0.4 is 5.73 Å². The number of aryl methyl sites for hydroxylation is 1. The van der Waals surface area contributed by atoms with Gasteiger partial charge in [-0.3, -0.25) is 4.79 Å². The maximum Gasteiger partial charge on any atom is 0.248 e. The minimum absolute atomic E-state index is 0.312. The van der Waals surface area contributed by atoms with Crippen LogP contribution in [0.25, 0.3) is 5.57 Å². The van der Waals surface area contributed by atoms with Crippen LogP contribution >= 0.6 is 0 Å². The van der Waals surface area contributed by atoms with Crippen molar-refractivity contribution in [1.29, 1.82) is 0 Å². The third-order valence-corrected chi connectivity index (χ3v) is 2.85. The summed E-state index contributed by atoms with van der Waals surface area (Å²) in [5, 5.41) is 0. The average molecular weight is 245 g/mol. The predicted molar refractivity (Wildman–Crippen MR) is 77.1 cm³/mol. The van der Waals surface area contributed by atoms with Crippen LogP contribution in [0.1, 0.15) is 44.7 Å². The number of rotatable bonds is 6. The van der Waals surface area contributed by atoms with E-state index in [0.29, 0.717) is 11.5 Å². The summed E-state index contributed by atoms with van der Waals surface area (Å²) in [6.07, 6.45) is 5.41. The molecule has 0 spiro atoms. The number of unbranched alkanes of at least 4 members (excludes halogenated alkanes) is 1. The van der Waals surface area contributed by atoms with Gasteiger partial charge in [-0.05, 0) is 29.9 Å². The number of hydrogen-bond acceptors (Lipinski definition) is 1. The van der Waals surface area contributed by atoms with Crippen molar-refractivity contribution in [3.8, 4) is 0 Å². The average Bonchev–Trinajstić information content (AvgIpc) is 2.34. The molecule has 0 aromatic heterocycles. The van der Waals surface area contributed by atoms with E-state index in [1.54, 1.807) is 0 Å². The van der Waals surface area contributed by atoms with Crippen LogP contribution in [0.2, 0.25) is 0 Å². The van der Waals surface area contributed by atoms with Crippen molar-refractivity contribution in [2.24, 2.45) is 11.7 Å². The van der Waals surface area contributed by atoms with Gasteiger partial charge in [0.25, 0.3) is 0 Å². The van der Waals surface area contributed by atoms with Crippen LogP contribution in [0.3, 0.4) is 0 Å². The van der Waals surface area contributed by atoms with Crippen LogP contribution in [-0.4, -0.2) is 5.91 Å². The van der Waals surface area contributed by atoms with E-state index in [4.69, 9.17) is 5.73 Å². The van der Waals surface area contributed by atoms with Crippen LogP contribution in [0.15, 0.2) is 30.3 Å². The second-order valence-electron chi connectivity index (χ2n) is 4.99. The molecule has 0 saturated heterocycles. The highest BCUT2D eigenvalue weighted by atomic mass is 16.1. The summed E-state index contributed by atoms with van der Waals surface area (Å²) in [5.74, 6) is -0.0442. The maximum absolute atomic E-state index is 11.4. The van der Waals surface area contributed by atoms with Crippen LogP contribution in [0, 0.1) is 5.92 Å². The third kappa shape index (κ3) is 4.36. The number of benzene rings is 1. The number of carbonyl (C=O) groups excluding carboxylic acids is 1. The molecular formula is C16H23NO. The molecule has 0 aliphatic rings. The Morgan fingerprint density at radius 3 is 2.33 bits per heavy atom. The van der Waals surface area contributed by atoms with Crippen LogP contribution in [0.4, 0.5) is 0 Å². The Balaban J connectivity index is 2.91. The molecular weight excluding hydrogens is 222 g/mol. The molecule has 1 aromatic rings. The van der Waals surface area contributed by atoms with Crippen molar-refractivity contribution >= 4 is 11.5 Å². The van der Waals surface area contributed by atoms with E-state index in [1.165, 1.54) is 18.4 Å². The standard InChI is InChI=1S/C16H23NO/c1-4-5-6-13-7-9-14(10-8-13)15(16(17)18)11-12(2)3/h7-12H,4-6H2,1-3H3,(H2,17,18)/b15-11+. The molecule has 0 aliphatic heterocycles. The molecule has 1 aromatic carbocycles. The van der Waals surface area contributed by atoms with Gasteiger partial charge in [0, 0.05) is 5.57 Å². The van der Waals surface area contributed by atoms with E-state index < -0.39 is 0 Å². The van der Waals surface area contributed by atoms with Crippen LogP contribution in [-0.2, 0) is 11.2 Å². The number of nitrogens with two attached hydrogens (primary N) is 1. The Morgan fingerprint density at radius 1 is 1.28 bits per heavy atom. The zero-order chi connectivity index (χ0) is 13.5. The van der Waals surface area contributed by atoms with Crippen molar-refractivity contribution in [2.75, 3.05) is 0 Å². The first-order chi connectivity index (χ1) is 8.54. The summed E-state index contributed by atoms with van der Waals surface area (Å²) >= 11 is 0. The van der Waals surface area contributed by atoms with Gasteiger partial charge in [-0.2, -0.15) is 0 Å². The first kappa shape index (κ1) is 14.5. The highest BCUT2D eigenvalue weighted by Gasteiger charge is 2.08. The summed E-state index contributed by atoms with van der Waals surface area (Å²) in [6.45, 7) is 6.27. The second-order valence-corrected chi connectivity index (χ2v) is 4.99. The molecule has 0 radical (unpaired) electrons. The Labute approximate surface area is 110 Å². The summed E-state index contributed by atoms with van der Waals surface area (Å²) < 4.78 is 0. The molecule has 98 valence electrons. The maximum atomic E-state index is 11.4. The molecule has 1 amide bonds. The zero-order valence-electron chi connectivity index (χ0n) is 11.6. The van der Waals surface area contributed by atoms with Gasteiger partial charge in [0.2, 0.25) is 5.91 Å². The molecule has 2 nitrogen and oxygen atoms in total. The largest absolute Gasteiger partial charge is 0.366 e. The van der Waals surface area contributed by atoms with Gasteiger partial charge < -0.3 is 5.73 Å². The van der Waals surface area contributed by atoms with E-state index in [0.717, 1.165) is 12.0 Å². The van der Waals surface area contributed by atoms with Gasteiger partial charge in [-0.1, -0.05) is 57.5 Å². The lowest BCUT2D eigenvalue weighted by molar-refractivity contribution is -0.112. The Bertz CT molecular complexity index is 415. The number of primary amides is 1. The third-order valence-electron chi connectivity index (χ3n) is 2.85. The summed E-state index contributed by atoms with van der Waals surface area (Å²) in [4.78, 5) is 11.4. The lowest BCUT2D eigenvalue weighted by Crippen LogP contribution is -2.13. The minimum atomic E-state index is -0.356. The highest BCUT2D eigenvalue weighted by molar-refractivity contribution is 6.18. The summed E-state index contributed by atoms with van der Waals surface area (Å²) in [5.41, 5.74) is 8.27. The molecule has 0 saturated carbocycles. The van der Waals surface area contributed by atoms with Gasteiger partial charge in [0.05, 0.1) is 0 Å². The summed E-state index contributed by atoms with van der Waals surface area (Å²) in [6, 6.07) is 8.15. The van der Waals surface area contributed by atoms with Crippen molar-refractivity contribution in [3.05, 3.63) is 41.5 Å². The van der Waals surface area contributed by atoms with Crippen molar-refractivity contribution in [2.45, 2.75) is 40.0 Å². The predicted octanol–water partition coefficient (Wildman–Crippen LogP) is 3.55. The molecule has 0 unspecified atom stereocenters. The smallest absolute Gasteiger partial charge is 0.248 e. The zero-order valence-corrected chi connectivity index (χ0v) is 11.6. The van der Waals surface area contributed by atoms with Gasteiger partial charge in [0.1, 0.15) is 0 Å². The monoisotopic (exact) mass is 245 g/mol. The fraction of sp³-hybridized carbons (Fsp3) is 0.438.